The summed E-state index contributed by atoms with van der Waals surface area (Å²) in [6, 6.07) is 1.92. The molecule has 1 aliphatic heterocycles. The van der Waals surface area contributed by atoms with Crippen LogP contribution in [-0.2, 0) is 10.2 Å². The molecule has 2 heterocycles. The van der Waals surface area contributed by atoms with Crippen LogP contribution in [-0.4, -0.2) is 17.5 Å². The number of carbonyl (C=O) groups is 1. The van der Waals surface area contributed by atoms with E-state index in [0.29, 0.717) is 11.6 Å². The molecule has 80 valence electrons. The highest BCUT2D eigenvalue weighted by atomic mass is 16.5. The Morgan fingerprint density at radius 2 is 2.20 bits per heavy atom. The standard InChI is InChI=1S/C11H14N2O2/c1-11(2,3)7-4-8-10(12-5-7)15-6-9(14)13-8/h4-5H,6H2,1-3H3,(H,13,14). The van der Waals surface area contributed by atoms with Gasteiger partial charge in [0.2, 0.25) is 5.88 Å². The third-order valence-corrected chi connectivity index (χ3v) is 2.33. The summed E-state index contributed by atoms with van der Waals surface area (Å²) in [5.41, 5.74) is 1.76. The highest BCUT2D eigenvalue weighted by Gasteiger charge is 2.21. The first-order valence-electron chi connectivity index (χ1n) is 4.90. The summed E-state index contributed by atoms with van der Waals surface area (Å²) in [5.74, 6) is 0.373. The van der Waals surface area contributed by atoms with Crippen LogP contribution in [0.3, 0.4) is 0 Å². The number of nitrogens with zero attached hydrogens (tertiary/aromatic N) is 1. The first-order valence-corrected chi connectivity index (χ1v) is 4.90. The fourth-order valence-corrected chi connectivity index (χ4v) is 1.39. The number of fused-ring (bicyclic) bond motifs is 1. The van der Waals surface area contributed by atoms with Crippen LogP contribution in [0.25, 0.3) is 0 Å². The van der Waals surface area contributed by atoms with E-state index in [9.17, 15) is 4.79 Å². The second kappa shape index (κ2) is 3.22. The zero-order valence-electron chi connectivity index (χ0n) is 9.13. The van der Waals surface area contributed by atoms with Gasteiger partial charge in [-0.2, -0.15) is 0 Å². The summed E-state index contributed by atoms with van der Waals surface area (Å²) < 4.78 is 5.18. The number of pyridine rings is 1. The van der Waals surface area contributed by atoms with E-state index in [1.165, 1.54) is 0 Å². The largest absolute Gasteiger partial charge is 0.466 e. The Kier molecular flexibility index (Phi) is 2.14. The molecule has 0 aromatic carbocycles. The maximum absolute atomic E-state index is 11.1. The summed E-state index contributed by atoms with van der Waals surface area (Å²) in [4.78, 5) is 15.3. The number of anilines is 1. The Morgan fingerprint density at radius 3 is 2.87 bits per heavy atom. The molecular weight excluding hydrogens is 192 g/mol. The summed E-state index contributed by atoms with van der Waals surface area (Å²) in [6.07, 6.45) is 1.79. The zero-order chi connectivity index (χ0) is 11.1. The van der Waals surface area contributed by atoms with E-state index in [-0.39, 0.29) is 17.9 Å². The highest BCUT2D eigenvalue weighted by molar-refractivity contribution is 5.94. The second-order valence-electron chi connectivity index (χ2n) is 4.66. The molecule has 0 bridgehead atoms. The lowest BCUT2D eigenvalue weighted by molar-refractivity contribution is -0.118. The van der Waals surface area contributed by atoms with Crippen molar-refractivity contribution in [2.24, 2.45) is 0 Å². The molecule has 0 unspecified atom stereocenters. The molecule has 15 heavy (non-hydrogen) atoms. The van der Waals surface area contributed by atoms with E-state index in [1.54, 1.807) is 6.20 Å². The summed E-state index contributed by atoms with van der Waals surface area (Å²) in [7, 11) is 0. The number of carbonyl (C=O) groups excluding carboxylic acids is 1. The van der Waals surface area contributed by atoms with Gasteiger partial charge in [-0.05, 0) is 17.0 Å². The van der Waals surface area contributed by atoms with Crippen molar-refractivity contribution in [3.8, 4) is 5.88 Å². The van der Waals surface area contributed by atoms with Crippen molar-refractivity contribution in [3.63, 3.8) is 0 Å². The Morgan fingerprint density at radius 1 is 1.47 bits per heavy atom. The molecule has 4 heteroatoms. The van der Waals surface area contributed by atoms with E-state index < -0.39 is 0 Å². The minimum atomic E-state index is -0.129. The van der Waals surface area contributed by atoms with Crippen molar-refractivity contribution in [2.45, 2.75) is 26.2 Å². The van der Waals surface area contributed by atoms with Gasteiger partial charge < -0.3 is 10.1 Å². The van der Waals surface area contributed by atoms with E-state index in [0.717, 1.165) is 5.56 Å². The number of ether oxygens (including phenoxy) is 1. The summed E-state index contributed by atoms with van der Waals surface area (Å²) in [5, 5.41) is 2.75. The molecule has 0 spiro atoms. The molecule has 0 fully saturated rings. The van der Waals surface area contributed by atoms with Crippen LogP contribution in [0.15, 0.2) is 12.3 Å². The molecule has 0 aliphatic carbocycles. The number of rotatable bonds is 0. The van der Waals surface area contributed by atoms with Crippen molar-refractivity contribution >= 4 is 11.6 Å². The number of nitrogens with one attached hydrogen (secondary N) is 1. The minimum Gasteiger partial charge on any atom is -0.466 e. The SMILES string of the molecule is CC(C)(C)c1cnc2c(c1)NC(=O)CO2. The fourth-order valence-electron chi connectivity index (χ4n) is 1.39. The first kappa shape index (κ1) is 9.96. The molecule has 1 aromatic rings. The molecule has 0 atom stereocenters. The van der Waals surface area contributed by atoms with E-state index in [1.807, 2.05) is 6.07 Å². The number of hydrogen-bond donors (Lipinski definition) is 1. The number of amides is 1. The zero-order valence-corrected chi connectivity index (χ0v) is 9.13. The van der Waals surface area contributed by atoms with Crippen molar-refractivity contribution in [1.29, 1.82) is 0 Å². The lowest BCUT2D eigenvalue weighted by Crippen LogP contribution is -2.26. The molecule has 1 aliphatic rings. The molecule has 2 rings (SSSR count). The molecule has 1 N–H and O–H groups in total. The van der Waals surface area contributed by atoms with Crippen molar-refractivity contribution in [2.75, 3.05) is 11.9 Å². The predicted molar refractivity (Wildman–Crippen MR) is 57.1 cm³/mol. The average molecular weight is 206 g/mol. The second-order valence-corrected chi connectivity index (χ2v) is 4.66. The Bertz CT molecular complexity index is 408. The van der Waals surface area contributed by atoms with Crippen LogP contribution < -0.4 is 10.1 Å². The first-order chi connectivity index (χ1) is 6.97. The monoisotopic (exact) mass is 206 g/mol. The third kappa shape index (κ3) is 1.93. The fraction of sp³-hybridized carbons (Fsp3) is 0.455. The van der Waals surface area contributed by atoms with Gasteiger partial charge in [-0.1, -0.05) is 20.8 Å². The predicted octanol–water partition coefficient (Wildman–Crippen LogP) is 1.71. The smallest absolute Gasteiger partial charge is 0.262 e. The van der Waals surface area contributed by atoms with Crippen LogP contribution in [0.4, 0.5) is 5.69 Å². The van der Waals surface area contributed by atoms with Gasteiger partial charge in [0, 0.05) is 6.20 Å². The van der Waals surface area contributed by atoms with E-state index in [4.69, 9.17) is 4.74 Å². The molecule has 0 saturated carbocycles. The Hall–Kier alpha value is -1.58. The quantitative estimate of drug-likeness (QED) is 0.703. The van der Waals surface area contributed by atoms with Gasteiger partial charge in [0.25, 0.3) is 5.91 Å². The Balaban J connectivity index is 2.41. The third-order valence-electron chi connectivity index (χ3n) is 2.33. The van der Waals surface area contributed by atoms with Gasteiger partial charge in [-0.3, -0.25) is 4.79 Å². The molecule has 4 nitrogen and oxygen atoms in total. The Labute approximate surface area is 88.7 Å². The number of aromatic nitrogens is 1. The van der Waals surface area contributed by atoms with Crippen LogP contribution in [0.2, 0.25) is 0 Å². The van der Waals surface area contributed by atoms with Crippen molar-refractivity contribution in [1.82, 2.24) is 4.98 Å². The van der Waals surface area contributed by atoms with Gasteiger partial charge in [-0.25, -0.2) is 4.98 Å². The van der Waals surface area contributed by atoms with Crippen molar-refractivity contribution < 1.29 is 9.53 Å². The summed E-state index contributed by atoms with van der Waals surface area (Å²) in [6.45, 7) is 6.35. The molecule has 1 aromatic heterocycles. The van der Waals surface area contributed by atoms with Crippen molar-refractivity contribution in [3.05, 3.63) is 17.8 Å². The normalized spacial score (nSPS) is 15.3. The average Bonchev–Trinajstić information content (AvgIpc) is 2.15. The van der Waals surface area contributed by atoms with Gasteiger partial charge in [0.1, 0.15) is 5.69 Å². The molecular formula is C11H14N2O2. The van der Waals surface area contributed by atoms with E-state index >= 15 is 0 Å². The molecule has 0 radical (unpaired) electrons. The lowest BCUT2D eigenvalue weighted by Gasteiger charge is -2.22. The summed E-state index contributed by atoms with van der Waals surface area (Å²) >= 11 is 0. The van der Waals surface area contributed by atoms with Crippen LogP contribution in [0.5, 0.6) is 5.88 Å². The topological polar surface area (TPSA) is 51.2 Å². The minimum absolute atomic E-state index is 0.0181. The maximum atomic E-state index is 11.1. The van der Waals surface area contributed by atoms with Crippen LogP contribution in [0, 0.1) is 0 Å². The van der Waals surface area contributed by atoms with Gasteiger partial charge >= 0.3 is 0 Å². The van der Waals surface area contributed by atoms with Crippen LogP contribution >= 0.6 is 0 Å². The van der Waals surface area contributed by atoms with Crippen LogP contribution in [0.1, 0.15) is 26.3 Å². The molecule has 0 saturated heterocycles. The lowest BCUT2D eigenvalue weighted by atomic mass is 9.88. The number of hydrogen-bond acceptors (Lipinski definition) is 3. The highest BCUT2D eigenvalue weighted by Crippen LogP contribution is 2.30. The van der Waals surface area contributed by atoms with E-state index in [2.05, 4.69) is 31.1 Å². The van der Waals surface area contributed by atoms with Gasteiger partial charge in [0.05, 0.1) is 0 Å². The molecule has 1 amide bonds. The van der Waals surface area contributed by atoms with Gasteiger partial charge in [0.15, 0.2) is 6.61 Å². The van der Waals surface area contributed by atoms with Gasteiger partial charge in [-0.15, -0.1) is 0 Å². The maximum Gasteiger partial charge on any atom is 0.262 e.